The van der Waals surface area contributed by atoms with Crippen LogP contribution in [0, 0.1) is 0 Å². The first kappa shape index (κ1) is 202. The van der Waals surface area contributed by atoms with Crippen LogP contribution in [0.1, 0.15) is 0 Å². The van der Waals surface area contributed by atoms with E-state index in [4.69, 9.17) is 0 Å². The Morgan fingerprint density at radius 3 is 0.500 bits per heavy atom. The van der Waals surface area contributed by atoms with Crippen molar-refractivity contribution < 1.29 is 39.0 Å². The molecule has 0 saturated heterocycles. The molecule has 0 unspecified atom stereocenters. The first-order valence-electron chi connectivity index (χ1n) is 0. The Morgan fingerprint density at radius 1 is 0.500 bits per heavy atom. The summed E-state index contributed by atoms with van der Waals surface area (Å²) < 4.78 is 0. The molecule has 0 spiro atoms. The maximum absolute atomic E-state index is 0. The second-order valence-corrected chi connectivity index (χ2v) is 0. The fourth-order valence-electron chi connectivity index (χ4n) is 0. The van der Waals surface area contributed by atoms with Crippen LogP contribution < -0.4 is 0 Å². The summed E-state index contributed by atoms with van der Waals surface area (Å²) in [5.74, 6) is 0. The van der Waals surface area contributed by atoms with Gasteiger partial charge >= 0.3 is 23.9 Å². The van der Waals surface area contributed by atoms with Crippen molar-refractivity contribution in [2.45, 2.75) is 0 Å². The molecule has 0 saturated carbocycles. The molecule has 1 radical (unpaired) electrons. The Kier molecular flexibility index (Phi) is 4120. The molecular formula is MnO4Sn-4. The monoisotopic (exact) mass is 239 g/mol. The zero-order valence-corrected chi connectivity index (χ0v) is 6.55. The Balaban J connectivity index is 0. The predicted octanol–water partition coefficient (Wildman–Crippen LogP) is -0.859. The molecule has 39 valence electrons. The second kappa shape index (κ2) is 122. The maximum atomic E-state index is 0. The van der Waals surface area contributed by atoms with E-state index >= 15 is 0 Å². The van der Waals surface area contributed by atoms with Crippen molar-refractivity contribution in [2.24, 2.45) is 0 Å². The van der Waals surface area contributed by atoms with Crippen molar-refractivity contribution in [3.05, 3.63) is 0 Å². The Bertz CT molecular complexity index is 7.51. The van der Waals surface area contributed by atoms with E-state index in [-0.39, 0.29) is 62.9 Å². The summed E-state index contributed by atoms with van der Waals surface area (Å²) in [5, 5.41) is 0. The van der Waals surface area contributed by atoms with Crippen molar-refractivity contribution in [1.82, 2.24) is 0 Å². The van der Waals surface area contributed by atoms with Crippen LogP contribution in [0.3, 0.4) is 0 Å². The van der Waals surface area contributed by atoms with Gasteiger partial charge in [-0.1, -0.05) is 0 Å². The average Bonchev–Trinajstić information content (AvgIpc) is 0. The van der Waals surface area contributed by atoms with E-state index < -0.39 is 0 Å². The van der Waals surface area contributed by atoms with Gasteiger partial charge in [-0.05, 0) is 0 Å². The van der Waals surface area contributed by atoms with Crippen LogP contribution in [0.4, 0.5) is 0 Å². The van der Waals surface area contributed by atoms with E-state index in [9.17, 15) is 0 Å². The molecule has 4 nitrogen and oxygen atoms in total. The molecule has 0 bridgehead atoms. The van der Waals surface area contributed by atoms with Crippen molar-refractivity contribution in [2.75, 3.05) is 0 Å². The smallest absolute Gasteiger partial charge is 2.00 e. The van der Waals surface area contributed by atoms with E-state index in [1.165, 1.54) is 0 Å². The fourth-order valence-corrected chi connectivity index (χ4v) is 0. The van der Waals surface area contributed by atoms with Gasteiger partial charge in [-0.3, -0.25) is 0 Å². The molecule has 0 aromatic heterocycles. The van der Waals surface area contributed by atoms with Gasteiger partial charge in [0.25, 0.3) is 0 Å². The molecule has 0 rings (SSSR count). The van der Waals surface area contributed by atoms with E-state index in [1.807, 2.05) is 0 Å². The van der Waals surface area contributed by atoms with Crippen LogP contribution in [0.5, 0.6) is 0 Å². The van der Waals surface area contributed by atoms with Gasteiger partial charge in [-0.15, -0.1) is 0 Å². The first-order valence-corrected chi connectivity index (χ1v) is 0. The van der Waals surface area contributed by atoms with Gasteiger partial charge in [-0.25, -0.2) is 0 Å². The zero-order chi connectivity index (χ0) is 0. The fraction of sp³-hybridized carbons (Fsp3) is 0. The quantitative estimate of drug-likeness (QED) is 0.488. The molecule has 0 heterocycles. The Morgan fingerprint density at radius 2 is 0.500 bits per heavy atom. The molecular weight excluding hydrogens is 238 g/mol. The predicted molar refractivity (Wildman–Crippen MR) is 8.50 cm³/mol. The summed E-state index contributed by atoms with van der Waals surface area (Å²) in [6.07, 6.45) is 0. The van der Waals surface area contributed by atoms with Crippen LogP contribution in [0.15, 0.2) is 0 Å². The number of hydrogen-bond donors (Lipinski definition) is 0. The SMILES string of the molecule is [Mn].[O-2].[O-2].[O-2].[O-2].[Sn+4]. The molecule has 0 aromatic rings. The minimum Gasteiger partial charge on any atom is -2.00 e. The summed E-state index contributed by atoms with van der Waals surface area (Å²) in [6.45, 7) is 0. The molecule has 6 heteroatoms. The van der Waals surface area contributed by atoms with Gasteiger partial charge in [0.2, 0.25) is 0 Å². The van der Waals surface area contributed by atoms with E-state index in [1.54, 1.807) is 0 Å². The summed E-state index contributed by atoms with van der Waals surface area (Å²) in [5.41, 5.74) is 0. The molecule has 0 amide bonds. The van der Waals surface area contributed by atoms with Crippen molar-refractivity contribution in [3.8, 4) is 0 Å². The van der Waals surface area contributed by atoms with E-state index in [2.05, 4.69) is 0 Å². The topological polar surface area (TPSA) is 114 Å². The molecule has 0 N–H and O–H groups in total. The van der Waals surface area contributed by atoms with Gasteiger partial charge in [0.15, 0.2) is 0 Å². The van der Waals surface area contributed by atoms with Gasteiger partial charge < -0.3 is 21.9 Å². The molecule has 0 atom stereocenters. The second-order valence-electron chi connectivity index (χ2n) is 0. The van der Waals surface area contributed by atoms with Crippen molar-refractivity contribution >= 4 is 23.9 Å². The van der Waals surface area contributed by atoms with Crippen LogP contribution in [-0.2, 0) is 39.0 Å². The number of hydrogen-bond acceptors (Lipinski definition) is 0. The van der Waals surface area contributed by atoms with Gasteiger partial charge in [0.1, 0.15) is 0 Å². The summed E-state index contributed by atoms with van der Waals surface area (Å²) in [7, 11) is 0. The Hall–Kier alpha value is 1.16. The summed E-state index contributed by atoms with van der Waals surface area (Å²) in [6, 6.07) is 0. The van der Waals surface area contributed by atoms with Crippen LogP contribution >= 0.6 is 0 Å². The largest absolute Gasteiger partial charge is 4.00 e. The minimum atomic E-state index is 0. The van der Waals surface area contributed by atoms with E-state index in [0.717, 1.165) is 0 Å². The normalized spacial score (nSPS) is 0. The van der Waals surface area contributed by atoms with Gasteiger partial charge in [0, 0.05) is 17.1 Å². The van der Waals surface area contributed by atoms with E-state index in [0.29, 0.717) is 0 Å². The third kappa shape index (κ3) is 66.5. The average molecular weight is 238 g/mol. The maximum Gasteiger partial charge on any atom is 4.00 e. The molecule has 0 aliphatic carbocycles. The first-order chi connectivity index (χ1) is 0. The minimum absolute atomic E-state index is 0. The zero-order valence-electron chi connectivity index (χ0n) is 2.51. The third-order valence-electron chi connectivity index (χ3n) is 0. The summed E-state index contributed by atoms with van der Waals surface area (Å²) in [4.78, 5) is 0. The van der Waals surface area contributed by atoms with Crippen LogP contribution in [0.2, 0.25) is 0 Å². The van der Waals surface area contributed by atoms with Gasteiger partial charge in [0.05, 0.1) is 0 Å². The van der Waals surface area contributed by atoms with Gasteiger partial charge in [-0.2, -0.15) is 0 Å². The Labute approximate surface area is 63.0 Å². The molecule has 0 fully saturated rings. The standard InChI is InChI=1S/Mn.4O.Sn/q;4*-2;+4. The van der Waals surface area contributed by atoms with Crippen LogP contribution in [-0.4, -0.2) is 23.9 Å². The van der Waals surface area contributed by atoms with Crippen molar-refractivity contribution in [3.63, 3.8) is 0 Å². The summed E-state index contributed by atoms with van der Waals surface area (Å²) >= 11 is 0. The molecule has 0 aliphatic rings. The number of rotatable bonds is 0. The van der Waals surface area contributed by atoms with Crippen LogP contribution in [0.25, 0.3) is 0 Å². The molecule has 0 aromatic carbocycles. The molecule has 6 heavy (non-hydrogen) atoms. The molecule has 0 aliphatic heterocycles. The van der Waals surface area contributed by atoms with Crippen molar-refractivity contribution in [1.29, 1.82) is 0 Å². The third-order valence-corrected chi connectivity index (χ3v) is 0.